The van der Waals surface area contributed by atoms with E-state index in [0.717, 1.165) is 44.0 Å². The Bertz CT molecular complexity index is 1330. The van der Waals surface area contributed by atoms with E-state index in [1.54, 1.807) is 19.5 Å². The van der Waals surface area contributed by atoms with Gasteiger partial charge in [-0.05, 0) is 42.0 Å². The molecular weight excluding hydrogens is 364 g/mol. The van der Waals surface area contributed by atoms with Gasteiger partial charge in [0.2, 0.25) is 0 Å². The zero-order valence-corrected chi connectivity index (χ0v) is 15.6. The van der Waals surface area contributed by atoms with E-state index < -0.39 is 0 Å². The summed E-state index contributed by atoms with van der Waals surface area (Å²) in [5.74, 6) is 1.12. The molecule has 0 fully saturated rings. The highest BCUT2D eigenvalue weighted by molar-refractivity contribution is 6.21. The number of pyridine rings is 1. The van der Waals surface area contributed by atoms with Gasteiger partial charge in [0.15, 0.2) is 0 Å². The summed E-state index contributed by atoms with van der Waals surface area (Å²) in [5.41, 5.74) is 6.16. The highest BCUT2D eigenvalue weighted by atomic mass is 16.5. The molecule has 2 heterocycles. The second-order valence-corrected chi connectivity index (χ2v) is 6.42. The van der Waals surface area contributed by atoms with Gasteiger partial charge in [0.25, 0.3) is 5.95 Å². The molecule has 7 nitrogen and oxygen atoms in total. The molecule has 0 amide bonds. The topological polar surface area (TPSA) is 85.2 Å². The van der Waals surface area contributed by atoms with Gasteiger partial charge in [-0.25, -0.2) is 10.4 Å². The quantitative estimate of drug-likeness (QED) is 0.286. The molecule has 0 aliphatic rings. The molecule has 0 saturated heterocycles. The van der Waals surface area contributed by atoms with E-state index in [2.05, 4.69) is 30.7 Å². The highest BCUT2D eigenvalue weighted by Gasteiger charge is 2.12. The Morgan fingerprint density at radius 2 is 1.59 bits per heavy atom. The number of hydrazone groups is 1. The first kappa shape index (κ1) is 17.0. The number of fused-ring (bicyclic) bond motifs is 6. The zero-order valence-electron chi connectivity index (χ0n) is 15.6. The fourth-order valence-corrected chi connectivity index (χ4v) is 3.30. The Morgan fingerprint density at radius 1 is 0.828 bits per heavy atom. The number of hydrogen-bond acceptors (Lipinski definition) is 7. The summed E-state index contributed by atoms with van der Waals surface area (Å²) in [6.45, 7) is 0. The van der Waals surface area contributed by atoms with Gasteiger partial charge in [0, 0.05) is 22.4 Å². The van der Waals surface area contributed by atoms with Gasteiger partial charge in [-0.1, -0.05) is 24.3 Å². The maximum Gasteiger partial charge on any atom is 0.263 e. The van der Waals surface area contributed by atoms with Gasteiger partial charge in [-0.3, -0.25) is 4.98 Å². The van der Waals surface area contributed by atoms with E-state index in [1.807, 2.05) is 60.7 Å². The number of benzene rings is 3. The summed E-state index contributed by atoms with van der Waals surface area (Å²) >= 11 is 0. The van der Waals surface area contributed by atoms with E-state index in [4.69, 9.17) is 4.74 Å². The van der Waals surface area contributed by atoms with Crippen LogP contribution in [0.15, 0.2) is 72.0 Å². The second kappa shape index (κ2) is 7.12. The molecule has 7 heteroatoms. The van der Waals surface area contributed by atoms with E-state index >= 15 is 0 Å². The summed E-state index contributed by atoms with van der Waals surface area (Å²) in [6, 6.07) is 19.5. The summed E-state index contributed by atoms with van der Waals surface area (Å²) in [5, 5.41) is 15.8. The van der Waals surface area contributed by atoms with Crippen molar-refractivity contribution in [2.45, 2.75) is 0 Å². The Kier molecular flexibility index (Phi) is 4.18. The lowest BCUT2D eigenvalue weighted by atomic mass is 10.0. The Labute approximate surface area is 166 Å². The van der Waals surface area contributed by atoms with Gasteiger partial charge in [-0.2, -0.15) is 5.10 Å². The van der Waals surface area contributed by atoms with Crippen LogP contribution in [0.5, 0.6) is 5.75 Å². The first-order valence-corrected chi connectivity index (χ1v) is 9.06. The third-order valence-corrected chi connectivity index (χ3v) is 4.68. The normalized spacial score (nSPS) is 11.5. The molecular formula is C22H16N6O. The van der Waals surface area contributed by atoms with Gasteiger partial charge >= 0.3 is 0 Å². The molecule has 0 bridgehead atoms. The average molecular weight is 380 g/mol. The number of ether oxygens (including phenoxy) is 1. The van der Waals surface area contributed by atoms with Crippen molar-refractivity contribution in [3.8, 4) is 5.75 Å². The molecule has 5 rings (SSSR count). The number of methoxy groups -OCH3 is 1. The molecule has 5 aromatic rings. The van der Waals surface area contributed by atoms with Crippen LogP contribution in [0.25, 0.3) is 32.7 Å². The maximum atomic E-state index is 5.16. The minimum Gasteiger partial charge on any atom is -0.497 e. The Balaban J connectivity index is 1.55. The minimum absolute atomic E-state index is 0.322. The van der Waals surface area contributed by atoms with Crippen LogP contribution in [0.3, 0.4) is 0 Å². The van der Waals surface area contributed by atoms with Crippen LogP contribution < -0.4 is 10.2 Å². The zero-order chi connectivity index (χ0) is 19.6. The smallest absolute Gasteiger partial charge is 0.263 e. The number of rotatable bonds is 4. The lowest BCUT2D eigenvalue weighted by Crippen LogP contribution is -2.00. The van der Waals surface area contributed by atoms with Crippen LogP contribution in [-0.2, 0) is 0 Å². The molecule has 29 heavy (non-hydrogen) atoms. The fraction of sp³-hybridized carbons (Fsp3) is 0.0455. The Morgan fingerprint density at radius 3 is 2.38 bits per heavy atom. The van der Waals surface area contributed by atoms with Crippen molar-refractivity contribution >= 4 is 44.9 Å². The number of aromatic nitrogens is 4. The summed E-state index contributed by atoms with van der Waals surface area (Å²) < 4.78 is 5.16. The van der Waals surface area contributed by atoms with E-state index in [-0.39, 0.29) is 0 Å². The van der Waals surface area contributed by atoms with Crippen molar-refractivity contribution in [3.63, 3.8) is 0 Å². The van der Waals surface area contributed by atoms with Gasteiger partial charge < -0.3 is 4.74 Å². The molecule has 0 radical (unpaired) electrons. The molecule has 0 spiro atoms. The predicted octanol–water partition coefficient (Wildman–Crippen LogP) is 4.18. The lowest BCUT2D eigenvalue weighted by Gasteiger charge is -2.08. The Hall–Kier alpha value is -4.13. The molecule has 0 unspecified atom stereocenters. The summed E-state index contributed by atoms with van der Waals surface area (Å²) in [4.78, 5) is 9.21. The number of anilines is 1. The van der Waals surface area contributed by atoms with Crippen LogP contribution in [-0.4, -0.2) is 33.5 Å². The molecule has 0 saturated carbocycles. The van der Waals surface area contributed by atoms with Crippen molar-refractivity contribution in [2.24, 2.45) is 5.10 Å². The van der Waals surface area contributed by atoms with Crippen LogP contribution >= 0.6 is 0 Å². The van der Waals surface area contributed by atoms with Gasteiger partial charge in [0.05, 0.1) is 18.8 Å². The minimum atomic E-state index is 0.322. The van der Waals surface area contributed by atoms with Crippen LogP contribution in [0.2, 0.25) is 0 Å². The first-order valence-electron chi connectivity index (χ1n) is 9.06. The first-order chi connectivity index (χ1) is 14.3. The molecule has 3 aromatic carbocycles. The number of nitrogens with zero attached hydrogens (tertiary/aromatic N) is 5. The average Bonchev–Trinajstić information content (AvgIpc) is 2.80. The second-order valence-electron chi connectivity index (χ2n) is 6.42. The van der Waals surface area contributed by atoms with Crippen LogP contribution in [0, 0.1) is 0 Å². The van der Waals surface area contributed by atoms with E-state index in [9.17, 15) is 0 Å². The van der Waals surface area contributed by atoms with E-state index in [0.29, 0.717) is 5.95 Å². The maximum absolute atomic E-state index is 5.16. The monoisotopic (exact) mass is 380 g/mol. The third kappa shape index (κ3) is 3.08. The van der Waals surface area contributed by atoms with Crippen LogP contribution in [0.4, 0.5) is 5.95 Å². The number of nitrogens with one attached hydrogen (secondary N) is 1. The van der Waals surface area contributed by atoms with Gasteiger partial charge in [-0.15, -0.1) is 10.2 Å². The predicted molar refractivity (Wildman–Crippen MR) is 114 cm³/mol. The molecule has 1 N–H and O–H groups in total. The molecule has 2 aromatic heterocycles. The van der Waals surface area contributed by atoms with Crippen LogP contribution in [0.1, 0.15) is 5.56 Å². The van der Waals surface area contributed by atoms with E-state index in [1.165, 1.54) is 0 Å². The largest absolute Gasteiger partial charge is 0.497 e. The summed E-state index contributed by atoms with van der Waals surface area (Å²) in [7, 11) is 1.64. The molecule has 0 aliphatic heterocycles. The fourth-order valence-electron chi connectivity index (χ4n) is 3.30. The van der Waals surface area contributed by atoms with Crippen molar-refractivity contribution in [1.82, 2.24) is 20.2 Å². The van der Waals surface area contributed by atoms with Crippen molar-refractivity contribution in [2.75, 3.05) is 12.5 Å². The van der Waals surface area contributed by atoms with Crippen molar-refractivity contribution in [3.05, 3.63) is 72.4 Å². The molecule has 140 valence electrons. The lowest BCUT2D eigenvalue weighted by molar-refractivity contribution is 0.415. The number of hydrogen-bond donors (Lipinski definition) is 1. The van der Waals surface area contributed by atoms with Crippen molar-refractivity contribution < 1.29 is 4.74 Å². The molecule has 0 aliphatic carbocycles. The van der Waals surface area contributed by atoms with Gasteiger partial charge in [0.1, 0.15) is 16.8 Å². The summed E-state index contributed by atoms with van der Waals surface area (Å²) in [6.07, 6.45) is 3.47. The standard InChI is InChI=1S/C22H16N6O/c1-29-15-10-8-14(9-11-15)13-24-27-22-25-20-18-7-4-12-23-19(18)16-5-2-3-6-17(16)21(20)26-28-22/h2-13H,1H3,(H,25,27,28). The molecule has 0 atom stereocenters. The highest BCUT2D eigenvalue weighted by Crippen LogP contribution is 2.31. The SMILES string of the molecule is COc1ccc(C=NNc2nnc3c4ccccc4c4ncccc4c3n2)cc1. The third-order valence-electron chi connectivity index (χ3n) is 4.68. The van der Waals surface area contributed by atoms with Crippen molar-refractivity contribution in [1.29, 1.82) is 0 Å².